The minimum Gasteiger partial charge on any atom is -0.486 e. The molecule has 1 aromatic rings. The third-order valence-corrected chi connectivity index (χ3v) is 5.07. The number of ether oxygens (including phenoxy) is 1. The number of hydrogen-bond acceptors (Lipinski definition) is 2. The molecule has 3 unspecified atom stereocenters. The van der Waals surface area contributed by atoms with Crippen LogP contribution < -0.4 is 4.74 Å². The van der Waals surface area contributed by atoms with Crippen molar-refractivity contribution in [2.75, 3.05) is 0 Å². The Morgan fingerprint density at radius 2 is 2.06 bits per heavy atom. The molecule has 1 aliphatic carbocycles. The molecular weight excluding hydrogens is 224 g/mol. The van der Waals surface area contributed by atoms with Gasteiger partial charge in [-0.15, -0.1) is 0 Å². The second-order valence-electron chi connectivity index (χ2n) is 6.08. The van der Waals surface area contributed by atoms with E-state index in [1.165, 1.54) is 12.8 Å². The molecule has 1 N–H and O–H groups in total. The molecule has 0 bridgehead atoms. The van der Waals surface area contributed by atoms with Crippen molar-refractivity contribution < 1.29 is 9.84 Å². The molecule has 0 aromatic heterocycles. The molecule has 0 radical (unpaired) electrons. The predicted octanol–water partition coefficient (Wildman–Crippen LogP) is 3.70. The van der Waals surface area contributed by atoms with Crippen LogP contribution in [0.5, 0.6) is 5.75 Å². The van der Waals surface area contributed by atoms with Crippen LogP contribution in [0.4, 0.5) is 0 Å². The van der Waals surface area contributed by atoms with E-state index in [1.54, 1.807) is 0 Å². The molecule has 1 saturated carbocycles. The van der Waals surface area contributed by atoms with Crippen molar-refractivity contribution >= 4 is 0 Å². The molecule has 3 rings (SSSR count). The van der Waals surface area contributed by atoms with E-state index in [1.807, 2.05) is 24.3 Å². The first-order chi connectivity index (χ1) is 8.62. The van der Waals surface area contributed by atoms with E-state index in [9.17, 15) is 5.11 Å². The molecule has 1 aliphatic heterocycles. The fraction of sp³-hybridized carbons (Fsp3) is 0.625. The summed E-state index contributed by atoms with van der Waals surface area (Å²) in [5.74, 6) is 2.07. The molecule has 0 amide bonds. The molecule has 98 valence electrons. The predicted molar refractivity (Wildman–Crippen MR) is 71.6 cm³/mol. The van der Waals surface area contributed by atoms with Crippen molar-refractivity contribution in [1.29, 1.82) is 0 Å². The Kier molecular flexibility index (Phi) is 2.86. The van der Waals surface area contributed by atoms with E-state index < -0.39 is 0 Å². The fourth-order valence-electron chi connectivity index (χ4n) is 3.70. The first-order valence-corrected chi connectivity index (χ1v) is 7.08. The molecular formula is C16H22O2. The summed E-state index contributed by atoms with van der Waals surface area (Å²) in [5.41, 5.74) is 0.805. The molecule has 4 atom stereocenters. The topological polar surface area (TPSA) is 29.5 Å². The molecule has 1 aromatic carbocycles. The average molecular weight is 246 g/mol. The number of aliphatic hydroxyl groups excluding tert-OH is 1. The summed E-state index contributed by atoms with van der Waals surface area (Å²) < 4.78 is 6.35. The average Bonchev–Trinajstić information content (AvgIpc) is 2.36. The van der Waals surface area contributed by atoms with Crippen LogP contribution in [0.15, 0.2) is 24.3 Å². The van der Waals surface area contributed by atoms with Crippen LogP contribution in [0.25, 0.3) is 0 Å². The Hall–Kier alpha value is -1.02. The zero-order valence-electron chi connectivity index (χ0n) is 11.2. The minimum atomic E-state index is -0.373. The SMILES string of the molecule is CC1CCCC2(C[C@@H](O)c3ccccc3O2)C1C. The maximum Gasteiger partial charge on any atom is 0.125 e. The zero-order valence-corrected chi connectivity index (χ0v) is 11.2. The molecule has 2 heteroatoms. The van der Waals surface area contributed by atoms with Crippen LogP contribution in [0, 0.1) is 11.8 Å². The van der Waals surface area contributed by atoms with E-state index in [-0.39, 0.29) is 11.7 Å². The van der Waals surface area contributed by atoms with Crippen LogP contribution in [-0.2, 0) is 0 Å². The third kappa shape index (κ3) is 1.74. The Labute approximate surface area is 109 Å². The van der Waals surface area contributed by atoms with Gasteiger partial charge >= 0.3 is 0 Å². The van der Waals surface area contributed by atoms with E-state index in [4.69, 9.17) is 4.74 Å². The van der Waals surface area contributed by atoms with Gasteiger partial charge in [0.25, 0.3) is 0 Å². The Bertz CT molecular complexity index is 442. The van der Waals surface area contributed by atoms with E-state index in [0.717, 1.165) is 24.2 Å². The lowest BCUT2D eigenvalue weighted by molar-refractivity contribution is -0.0879. The fourth-order valence-corrected chi connectivity index (χ4v) is 3.70. The molecule has 2 nitrogen and oxygen atoms in total. The number of rotatable bonds is 0. The monoisotopic (exact) mass is 246 g/mol. The maximum absolute atomic E-state index is 10.4. The van der Waals surface area contributed by atoms with E-state index >= 15 is 0 Å². The highest BCUT2D eigenvalue weighted by Crippen LogP contribution is 2.49. The lowest BCUT2D eigenvalue weighted by atomic mass is 9.67. The summed E-state index contributed by atoms with van der Waals surface area (Å²) in [6, 6.07) is 7.92. The standard InChI is InChI=1S/C16H22O2/c1-11-6-5-9-16(12(11)2)10-14(17)13-7-3-4-8-15(13)18-16/h3-4,7-8,11-12,14,17H,5-6,9-10H2,1-2H3/t11?,12?,14-,16?/m1/s1. The molecule has 0 saturated heterocycles. The lowest BCUT2D eigenvalue weighted by Crippen LogP contribution is -2.50. The number of para-hydroxylation sites is 1. The van der Waals surface area contributed by atoms with Crippen molar-refractivity contribution in [3.05, 3.63) is 29.8 Å². The van der Waals surface area contributed by atoms with Gasteiger partial charge in [-0.05, 0) is 30.7 Å². The third-order valence-electron chi connectivity index (χ3n) is 5.07. The van der Waals surface area contributed by atoms with Gasteiger partial charge in [-0.3, -0.25) is 0 Å². The van der Waals surface area contributed by atoms with Crippen molar-refractivity contribution in [3.63, 3.8) is 0 Å². The van der Waals surface area contributed by atoms with Gasteiger partial charge in [-0.1, -0.05) is 38.5 Å². The van der Waals surface area contributed by atoms with Crippen LogP contribution >= 0.6 is 0 Å². The van der Waals surface area contributed by atoms with Crippen LogP contribution in [-0.4, -0.2) is 10.7 Å². The van der Waals surface area contributed by atoms with E-state index in [2.05, 4.69) is 13.8 Å². The summed E-state index contributed by atoms with van der Waals surface area (Å²) in [7, 11) is 0. The van der Waals surface area contributed by atoms with Gasteiger partial charge in [0.05, 0.1) is 6.10 Å². The molecule has 2 aliphatic rings. The summed E-state index contributed by atoms with van der Waals surface area (Å²) in [6.45, 7) is 4.59. The summed E-state index contributed by atoms with van der Waals surface area (Å²) >= 11 is 0. The minimum absolute atomic E-state index is 0.147. The second-order valence-corrected chi connectivity index (χ2v) is 6.08. The van der Waals surface area contributed by atoms with Crippen LogP contribution in [0.1, 0.15) is 51.2 Å². The molecule has 18 heavy (non-hydrogen) atoms. The first-order valence-electron chi connectivity index (χ1n) is 7.08. The van der Waals surface area contributed by atoms with Crippen LogP contribution in [0.2, 0.25) is 0 Å². The van der Waals surface area contributed by atoms with Crippen molar-refractivity contribution in [2.45, 2.75) is 51.2 Å². The molecule has 1 spiro atoms. The summed E-state index contributed by atoms with van der Waals surface area (Å²) in [4.78, 5) is 0. The Morgan fingerprint density at radius 3 is 2.89 bits per heavy atom. The smallest absolute Gasteiger partial charge is 0.125 e. The van der Waals surface area contributed by atoms with Crippen molar-refractivity contribution in [1.82, 2.24) is 0 Å². The zero-order chi connectivity index (χ0) is 12.8. The largest absolute Gasteiger partial charge is 0.486 e. The Balaban J connectivity index is 1.97. The Morgan fingerprint density at radius 1 is 1.28 bits per heavy atom. The summed E-state index contributed by atoms with van der Waals surface area (Å²) in [6.07, 6.45) is 3.94. The highest BCUT2D eigenvalue weighted by Gasteiger charge is 2.47. The van der Waals surface area contributed by atoms with Gasteiger partial charge in [0.1, 0.15) is 11.4 Å². The van der Waals surface area contributed by atoms with Gasteiger partial charge in [-0.25, -0.2) is 0 Å². The quantitative estimate of drug-likeness (QED) is 0.756. The number of benzene rings is 1. The van der Waals surface area contributed by atoms with Crippen molar-refractivity contribution in [2.24, 2.45) is 11.8 Å². The number of aliphatic hydroxyl groups is 1. The number of fused-ring (bicyclic) bond motifs is 1. The van der Waals surface area contributed by atoms with E-state index in [0.29, 0.717) is 11.8 Å². The maximum atomic E-state index is 10.4. The normalized spacial score (nSPS) is 39.2. The van der Waals surface area contributed by atoms with Gasteiger partial charge in [0.2, 0.25) is 0 Å². The van der Waals surface area contributed by atoms with Gasteiger partial charge < -0.3 is 9.84 Å². The van der Waals surface area contributed by atoms with Gasteiger partial charge in [0, 0.05) is 12.0 Å². The van der Waals surface area contributed by atoms with Crippen molar-refractivity contribution in [3.8, 4) is 5.75 Å². The van der Waals surface area contributed by atoms with Gasteiger partial charge in [-0.2, -0.15) is 0 Å². The first kappa shape index (κ1) is 12.0. The lowest BCUT2D eigenvalue weighted by Gasteiger charge is -2.49. The summed E-state index contributed by atoms with van der Waals surface area (Å²) in [5, 5.41) is 10.4. The second kappa shape index (κ2) is 4.27. The number of hydrogen-bond donors (Lipinski definition) is 1. The van der Waals surface area contributed by atoms with Gasteiger partial charge in [0.15, 0.2) is 0 Å². The van der Waals surface area contributed by atoms with Crippen LogP contribution in [0.3, 0.4) is 0 Å². The molecule has 1 heterocycles. The molecule has 1 fully saturated rings. The highest BCUT2D eigenvalue weighted by molar-refractivity contribution is 5.38. The highest BCUT2D eigenvalue weighted by atomic mass is 16.5.